The van der Waals surface area contributed by atoms with Crippen molar-refractivity contribution in [2.75, 3.05) is 20.4 Å². The second-order valence-electron chi connectivity index (χ2n) is 4.12. The van der Waals surface area contributed by atoms with E-state index in [4.69, 9.17) is 9.47 Å². The van der Waals surface area contributed by atoms with Crippen molar-refractivity contribution in [3.8, 4) is 17.0 Å². The Labute approximate surface area is 121 Å². The van der Waals surface area contributed by atoms with Crippen LogP contribution in [-0.2, 0) is 11.3 Å². The zero-order valence-electron chi connectivity index (χ0n) is 11.9. The normalized spacial score (nSPS) is 10.4. The third-order valence-electron chi connectivity index (χ3n) is 2.86. The van der Waals surface area contributed by atoms with E-state index in [0.29, 0.717) is 17.0 Å². The van der Waals surface area contributed by atoms with Crippen molar-refractivity contribution in [1.29, 1.82) is 0 Å². The van der Waals surface area contributed by atoms with Crippen molar-refractivity contribution in [2.45, 2.75) is 13.5 Å². The first-order valence-electron chi connectivity index (χ1n) is 6.52. The first-order valence-corrected chi connectivity index (χ1v) is 6.52. The minimum absolute atomic E-state index is 0.000211. The zero-order chi connectivity index (χ0) is 15.2. The van der Waals surface area contributed by atoms with Crippen molar-refractivity contribution in [3.05, 3.63) is 30.0 Å². The number of carbonyl (C=O) groups excluding carboxylic acids is 1. The number of benzene rings is 1. The summed E-state index contributed by atoms with van der Waals surface area (Å²) in [5, 5.41) is 7.65. The van der Waals surface area contributed by atoms with E-state index in [-0.39, 0.29) is 18.8 Å². The van der Waals surface area contributed by atoms with Crippen LogP contribution in [0.15, 0.2) is 24.3 Å². The number of halogens is 1. The van der Waals surface area contributed by atoms with E-state index >= 15 is 0 Å². The lowest BCUT2D eigenvalue weighted by Crippen LogP contribution is -2.09. The molecule has 0 spiro atoms. The largest absolute Gasteiger partial charge is 0.496 e. The second kappa shape index (κ2) is 6.83. The van der Waals surface area contributed by atoms with Gasteiger partial charge in [-0.25, -0.2) is 13.9 Å². The van der Waals surface area contributed by atoms with E-state index in [0.717, 1.165) is 0 Å². The van der Waals surface area contributed by atoms with Crippen LogP contribution in [0.25, 0.3) is 11.3 Å². The lowest BCUT2D eigenvalue weighted by atomic mass is 10.1. The van der Waals surface area contributed by atoms with Crippen molar-refractivity contribution in [1.82, 2.24) is 15.0 Å². The summed E-state index contributed by atoms with van der Waals surface area (Å²) in [6.45, 7) is 1.31. The highest BCUT2D eigenvalue weighted by Gasteiger charge is 2.24. The molecule has 0 unspecified atom stereocenters. The molecule has 0 N–H and O–H groups in total. The molecule has 2 rings (SSSR count). The quantitative estimate of drug-likeness (QED) is 0.763. The standard InChI is InChI=1S/C14H16FN3O3/c1-3-21-14(19)12-13(18(9-8-15)17-16-12)10-6-4-5-7-11(10)20-2/h4-7H,3,8-9H2,1-2H3. The number of aryl methyl sites for hydroxylation is 1. The molecule has 6 nitrogen and oxygen atoms in total. The van der Waals surface area contributed by atoms with Gasteiger partial charge in [-0.3, -0.25) is 0 Å². The highest BCUT2D eigenvalue weighted by Crippen LogP contribution is 2.31. The monoisotopic (exact) mass is 293 g/mol. The van der Waals surface area contributed by atoms with Gasteiger partial charge in [0.1, 0.15) is 18.1 Å². The smallest absolute Gasteiger partial charge is 0.361 e. The number of nitrogens with zero attached hydrogens (tertiary/aromatic N) is 3. The predicted octanol–water partition coefficient (Wildman–Crippen LogP) is 2.10. The number of ether oxygens (including phenoxy) is 2. The molecule has 0 aliphatic heterocycles. The summed E-state index contributed by atoms with van der Waals surface area (Å²) >= 11 is 0. The van der Waals surface area contributed by atoms with E-state index in [1.54, 1.807) is 31.2 Å². The molecule has 0 atom stereocenters. The van der Waals surface area contributed by atoms with Crippen molar-refractivity contribution >= 4 is 5.97 Å². The second-order valence-corrected chi connectivity index (χ2v) is 4.12. The third kappa shape index (κ3) is 3.01. The molecule has 21 heavy (non-hydrogen) atoms. The molecule has 0 aliphatic rings. The molecule has 1 aromatic carbocycles. The number of alkyl halides is 1. The number of aromatic nitrogens is 3. The van der Waals surface area contributed by atoms with Crippen LogP contribution in [0.3, 0.4) is 0 Å². The average Bonchev–Trinajstić information content (AvgIpc) is 2.91. The number of carbonyl (C=O) groups is 1. The Morgan fingerprint density at radius 1 is 1.38 bits per heavy atom. The molecule has 0 saturated heterocycles. The lowest BCUT2D eigenvalue weighted by molar-refractivity contribution is 0.0520. The number of para-hydroxylation sites is 1. The number of hydrogen-bond acceptors (Lipinski definition) is 5. The molecule has 1 heterocycles. The van der Waals surface area contributed by atoms with Crippen molar-refractivity contribution < 1.29 is 18.7 Å². The van der Waals surface area contributed by atoms with Crippen LogP contribution in [0.5, 0.6) is 5.75 Å². The number of methoxy groups -OCH3 is 1. The van der Waals surface area contributed by atoms with E-state index in [9.17, 15) is 9.18 Å². The van der Waals surface area contributed by atoms with Crippen LogP contribution in [0.2, 0.25) is 0 Å². The summed E-state index contributed by atoms with van der Waals surface area (Å²) < 4.78 is 24.3. The number of rotatable bonds is 6. The van der Waals surface area contributed by atoms with Crippen molar-refractivity contribution in [2.24, 2.45) is 0 Å². The van der Waals surface area contributed by atoms with Crippen LogP contribution in [0.4, 0.5) is 4.39 Å². The Morgan fingerprint density at radius 3 is 2.81 bits per heavy atom. The maximum atomic E-state index is 12.7. The van der Waals surface area contributed by atoms with Gasteiger partial charge in [-0.15, -0.1) is 5.10 Å². The molecule has 112 valence electrons. The van der Waals surface area contributed by atoms with Gasteiger partial charge in [-0.05, 0) is 19.1 Å². The van der Waals surface area contributed by atoms with Gasteiger partial charge in [0.25, 0.3) is 0 Å². The van der Waals surface area contributed by atoms with Crippen LogP contribution in [0.1, 0.15) is 17.4 Å². The fourth-order valence-electron chi connectivity index (χ4n) is 1.99. The van der Waals surface area contributed by atoms with Gasteiger partial charge in [0.05, 0.1) is 20.3 Å². The third-order valence-corrected chi connectivity index (χ3v) is 2.86. The minimum Gasteiger partial charge on any atom is -0.496 e. The predicted molar refractivity (Wildman–Crippen MR) is 73.9 cm³/mol. The SMILES string of the molecule is CCOC(=O)c1nnn(CCF)c1-c1ccccc1OC. The van der Waals surface area contributed by atoms with Crippen LogP contribution in [-0.4, -0.2) is 41.4 Å². The summed E-state index contributed by atoms with van der Waals surface area (Å²) in [6.07, 6.45) is 0. The molecule has 0 fully saturated rings. The fourth-order valence-corrected chi connectivity index (χ4v) is 1.99. The number of hydrogen-bond donors (Lipinski definition) is 0. The molecule has 7 heteroatoms. The highest BCUT2D eigenvalue weighted by molar-refractivity contribution is 5.95. The highest BCUT2D eigenvalue weighted by atomic mass is 19.1. The van der Waals surface area contributed by atoms with Gasteiger partial charge in [-0.1, -0.05) is 17.3 Å². The molecule has 0 saturated carbocycles. The summed E-state index contributed by atoms with van der Waals surface area (Å²) in [5.74, 6) is -0.0472. The molecule has 0 bridgehead atoms. The van der Waals surface area contributed by atoms with Crippen LogP contribution in [0, 0.1) is 0 Å². The van der Waals surface area contributed by atoms with Gasteiger partial charge in [0.2, 0.25) is 0 Å². The molecule has 2 aromatic rings. The van der Waals surface area contributed by atoms with E-state index in [1.165, 1.54) is 11.8 Å². The molecular formula is C14H16FN3O3. The maximum Gasteiger partial charge on any atom is 0.361 e. The van der Waals surface area contributed by atoms with Gasteiger partial charge >= 0.3 is 5.97 Å². The van der Waals surface area contributed by atoms with E-state index in [2.05, 4.69) is 10.3 Å². The Balaban J connectivity index is 2.58. The molecule has 1 aromatic heterocycles. The zero-order valence-corrected chi connectivity index (χ0v) is 11.9. The van der Waals surface area contributed by atoms with E-state index < -0.39 is 12.6 Å². The summed E-state index contributed by atoms with van der Waals surface area (Å²) in [6, 6.07) is 7.10. The molecule has 0 amide bonds. The van der Waals surface area contributed by atoms with Crippen LogP contribution >= 0.6 is 0 Å². The van der Waals surface area contributed by atoms with Crippen LogP contribution < -0.4 is 4.74 Å². The summed E-state index contributed by atoms with van der Waals surface area (Å²) in [5.41, 5.74) is 1.06. The summed E-state index contributed by atoms with van der Waals surface area (Å²) in [7, 11) is 1.52. The summed E-state index contributed by atoms with van der Waals surface area (Å²) in [4.78, 5) is 12.0. The Kier molecular flexibility index (Phi) is 4.86. The first-order chi connectivity index (χ1) is 10.2. The Hall–Kier alpha value is -2.44. The molecular weight excluding hydrogens is 277 g/mol. The minimum atomic E-state index is -0.617. The molecule has 0 radical (unpaired) electrons. The average molecular weight is 293 g/mol. The Morgan fingerprint density at radius 2 is 2.14 bits per heavy atom. The maximum absolute atomic E-state index is 12.7. The lowest BCUT2D eigenvalue weighted by Gasteiger charge is -2.10. The topological polar surface area (TPSA) is 66.2 Å². The van der Waals surface area contributed by atoms with E-state index in [1.807, 2.05) is 0 Å². The van der Waals surface area contributed by atoms with Gasteiger partial charge in [0, 0.05) is 5.56 Å². The van der Waals surface area contributed by atoms with Gasteiger partial charge in [0.15, 0.2) is 5.69 Å². The van der Waals surface area contributed by atoms with Gasteiger partial charge in [-0.2, -0.15) is 0 Å². The van der Waals surface area contributed by atoms with Crippen molar-refractivity contribution in [3.63, 3.8) is 0 Å². The fraction of sp³-hybridized carbons (Fsp3) is 0.357. The number of esters is 1. The van der Waals surface area contributed by atoms with Gasteiger partial charge < -0.3 is 9.47 Å². The first kappa shape index (κ1) is 15.0. The molecule has 0 aliphatic carbocycles. The Bertz CT molecular complexity index is 628.